The van der Waals surface area contributed by atoms with Gasteiger partial charge in [-0.3, -0.25) is 4.79 Å². The molecule has 0 radical (unpaired) electrons. The van der Waals surface area contributed by atoms with Crippen LogP contribution < -0.4 is 5.32 Å². The monoisotopic (exact) mass is 269 g/mol. The molecular weight excluding hydrogens is 257 g/mol. The van der Waals surface area contributed by atoms with Gasteiger partial charge in [-0.1, -0.05) is 23.2 Å². The SMILES string of the molecule is O=C(Nc1ccc(Cl)c(Cl)c1)C1CC2CC2C1. The fourth-order valence-electron chi connectivity index (χ4n) is 2.75. The van der Waals surface area contributed by atoms with Gasteiger partial charge in [-0.2, -0.15) is 0 Å². The predicted octanol–water partition coefficient (Wildman–Crippen LogP) is 3.98. The number of halogens is 2. The number of hydrogen-bond acceptors (Lipinski definition) is 1. The molecule has 1 N–H and O–H groups in total. The number of carbonyl (C=O) groups is 1. The highest BCUT2D eigenvalue weighted by molar-refractivity contribution is 6.42. The smallest absolute Gasteiger partial charge is 0.227 e. The van der Waals surface area contributed by atoms with Crippen molar-refractivity contribution in [3.63, 3.8) is 0 Å². The molecule has 0 bridgehead atoms. The molecule has 2 atom stereocenters. The summed E-state index contributed by atoms with van der Waals surface area (Å²) in [5.41, 5.74) is 0.727. The van der Waals surface area contributed by atoms with Gasteiger partial charge in [-0.15, -0.1) is 0 Å². The van der Waals surface area contributed by atoms with Crippen LogP contribution in [0.15, 0.2) is 18.2 Å². The summed E-state index contributed by atoms with van der Waals surface area (Å²) in [5, 5.41) is 3.89. The fourth-order valence-corrected chi connectivity index (χ4v) is 3.05. The Morgan fingerprint density at radius 1 is 1.12 bits per heavy atom. The van der Waals surface area contributed by atoms with E-state index in [2.05, 4.69) is 5.32 Å². The molecule has 1 amide bonds. The first-order valence-electron chi connectivity index (χ1n) is 5.89. The van der Waals surface area contributed by atoms with Crippen LogP contribution in [-0.4, -0.2) is 5.91 Å². The molecule has 17 heavy (non-hydrogen) atoms. The van der Waals surface area contributed by atoms with Crippen LogP contribution in [0.1, 0.15) is 19.3 Å². The van der Waals surface area contributed by atoms with Gasteiger partial charge in [-0.25, -0.2) is 0 Å². The molecule has 0 aromatic heterocycles. The van der Waals surface area contributed by atoms with Crippen molar-refractivity contribution in [1.29, 1.82) is 0 Å². The van der Waals surface area contributed by atoms with Gasteiger partial charge >= 0.3 is 0 Å². The lowest BCUT2D eigenvalue weighted by molar-refractivity contribution is -0.120. The third-order valence-corrected chi connectivity index (χ3v) is 4.54. The average Bonchev–Trinajstić information content (AvgIpc) is 2.91. The number of benzene rings is 1. The predicted molar refractivity (Wildman–Crippen MR) is 69.4 cm³/mol. The second kappa shape index (κ2) is 4.18. The Balaban J connectivity index is 1.65. The van der Waals surface area contributed by atoms with Gasteiger partial charge in [0.2, 0.25) is 5.91 Å². The zero-order valence-corrected chi connectivity index (χ0v) is 10.8. The molecule has 2 saturated carbocycles. The standard InChI is InChI=1S/C13H13Cl2NO/c14-11-2-1-10(6-12(11)15)16-13(17)9-4-7-3-8(7)5-9/h1-2,6-9H,3-5H2,(H,16,17). The van der Waals surface area contributed by atoms with E-state index in [1.54, 1.807) is 18.2 Å². The number of rotatable bonds is 2. The molecule has 90 valence electrons. The van der Waals surface area contributed by atoms with Gasteiger partial charge in [0.05, 0.1) is 10.0 Å². The van der Waals surface area contributed by atoms with Crippen molar-refractivity contribution < 1.29 is 4.79 Å². The van der Waals surface area contributed by atoms with E-state index < -0.39 is 0 Å². The van der Waals surface area contributed by atoms with E-state index in [-0.39, 0.29) is 11.8 Å². The van der Waals surface area contributed by atoms with E-state index in [1.807, 2.05) is 0 Å². The molecular formula is C13H13Cl2NO. The highest BCUT2D eigenvalue weighted by Crippen LogP contribution is 2.54. The Bertz CT molecular complexity index is 464. The van der Waals surface area contributed by atoms with Crippen molar-refractivity contribution in [3.05, 3.63) is 28.2 Å². The summed E-state index contributed by atoms with van der Waals surface area (Å²) in [5.74, 6) is 1.95. The molecule has 2 aliphatic rings. The first-order valence-corrected chi connectivity index (χ1v) is 6.65. The van der Waals surface area contributed by atoms with E-state index in [0.717, 1.165) is 30.4 Å². The minimum absolute atomic E-state index is 0.121. The highest BCUT2D eigenvalue weighted by atomic mass is 35.5. The van der Waals surface area contributed by atoms with Crippen LogP contribution in [0.5, 0.6) is 0 Å². The molecule has 4 heteroatoms. The Hall–Kier alpha value is -0.730. The summed E-state index contributed by atoms with van der Waals surface area (Å²) in [6.45, 7) is 0. The fraction of sp³-hybridized carbons (Fsp3) is 0.462. The van der Waals surface area contributed by atoms with Crippen molar-refractivity contribution in [2.45, 2.75) is 19.3 Å². The van der Waals surface area contributed by atoms with Crippen molar-refractivity contribution in [2.24, 2.45) is 17.8 Å². The van der Waals surface area contributed by atoms with Crippen LogP contribution in [0, 0.1) is 17.8 Å². The average molecular weight is 270 g/mol. The molecule has 1 aromatic rings. The summed E-state index contributed by atoms with van der Waals surface area (Å²) in [4.78, 5) is 12.0. The molecule has 2 aliphatic carbocycles. The second-order valence-electron chi connectivity index (χ2n) is 5.04. The molecule has 2 fully saturated rings. The van der Waals surface area contributed by atoms with Crippen LogP contribution in [-0.2, 0) is 4.79 Å². The van der Waals surface area contributed by atoms with Gasteiger partial charge in [0.1, 0.15) is 0 Å². The first-order chi connectivity index (χ1) is 8.13. The van der Waals surface area contributed by atoms with Crippen LogP contribution >= 0.6 is 23.2 Å². The van der Waals surface area contributed by atoms with Crippen LogP contribution in [0.4, 0.5) is 5.69 Å². The number of anilines is 1. The maximum atomic E-state index is 12.0. The second-order valence-corrected chi connectivity index (χ2v) is 5.86. The van der Waals surface area contributed by atoms with E-state index in [4.69, 9.17) is 23.2 Å². The number of nitrogens with one attached hydrogen (secondary N) is 1. The van der Waals surface area contributed by atoms with E-state index >= 15 is 0 Å². The van der Waals surface area contributed by atoms with Crippen molar-refractivity contribution in [1.82, 2.24) is 0 Å². The van der Waals surface area contributed by atoms with E-state index in [0.29, 0.717) is 10.0 Å². The lowest BCUT2D eigenvalue weighted by Gasteiger charge is -2.12. The Labute approximate surface area is 110 Å². The van der Waals surface area contributed by atoms with Crippen LogP contribution in [0.3, 0.4) is 0 Å². The largest absolute Gasteiger partial charge is 0.326 e. The first kappa shape index (κ1) is 11.4. The Morgan fingerprint density at radius 3 is 2.47 bits per heavy atom. The van der Waals surface area contributed by atoms with Gasteiger partial charge < -0.3 is 5.32 Å². The lowest BCUT2D eigenvalue weighted by Crippen LogP contribution is -2.21. The molecule has 2 unspecified atom stereocenters. The van der Waals surface area contributed by atoms with E-state index in [1.165, 1.54) is 6.42 Å². The molecule has 3 rings (SSSR count). The maximum absolute atomic E-state index is 12.0. The maximum Gasteiger partial charge on any atom is 0.227 e. The van der Waals surface area contributed by atoms with Crippen molar-refractivity contribution in [2.75, 3.05) is 5.32 Å². The van der Waals surface area contributed by atoms with Gasteiger partial charge in [0.15, 0.2) is 0 Å². The Kier molecular flexibility index (Phi) is 2.80. The topological polar surface area (TPSA) is 29.1 Å². The third-order valence-electron chi connectivity index (χ3n) is 3.80. The van der Waals surface area contributed by atoms with Crippen molar-refractivity contribution in [3.8, 4) is 0 Å². The van der Waals surface area contributed by atoms with E-state index in [9.17, 15) is 4.79 Å². The van der Waals surface area contributed by atoms with Crippen molar-refractivity contribution >= 4 is 34.8 Å². The number of hydrogen-bond donors (Lipinski definition) is 1. The summed E-state index contributed by atoms with van der Waals surface area (Å²) in [7, 11) is 0. The van der Waals surface area contributed by atoms with Gasteiger partial charge in [0.25, 0.3) is 0 Å². The van der Waals surface area contributed by atoms with Crippen LogP contribution in [0.2, 0.25) is 10.0 Å². The highest BCUT2D eigenvalue weighted by Gasteiger charge is 2.47. The molecule has 2 nitrogen and oxygen atoms in total. The number of fused-ring (bicyclic) bond motifs is 1. The zero-order chi connectivity index (χ0) is 12.0. The summed E-state index contributed by atoms with van der Waals surface area (Å²) in [6.07, 6.45) is 3.44. The summed E-state index contributed by atoms with van der Waals surface area (Å²) < 4.78 is 0. The molecule has 0 aliphatic heterocycles. The molecule has 0 spiro atoms. The minimum atomic E-state index is 0.121. The Morgan fingerprint density at radius 2 is 1.82 bits per heavy atom. The number of carbonyl (C=O) groups excluding carboxylic acids is 1. The normalized spacial score (nSPS) is 29.9. The lowest BCUT2D eigenvalue weighted by atomic mass is 10.0. The summed E-state index contributed by atoms with van der Waals surface area (Å²) >= 11 is 11.7. The van der Waals surface area contributed by atoms with Gasteiger partial charge in [0, 0.05) is 11.6 Å². The molecule has 0 heterocycles. The zero-order valence-electron chi connectivity index (χ0n) is 9.25. The minimum Gasteiger partial charge on any atom is -0.326 e. The molecule has 0 saturated heterocycles. The number of amides is 1. The van der Waals surface area contributed by atoms with Gasteiger partial charge in [-0.05, 0) is 49.3 Å². The molecule has 1 aromatic carbocycles. The van der Waals surface area contributed by atoms with Crippen LogP contribution in [0.25, 0.3) is 0 Å². The quantitative estimate of drug-likeness (QED) is 0.865. The third kappa shape index (κ3) is 2.29. The summed E-state index contributed by atoms with van der Waals surface area (Å²) in [6, 6.07) is 5.17.